The van der Waals surface area contributed by atoms with Crippen LogP contribution in [-0.4, -0.2) is 31.4 Å². The number of nitrogens with one attached hydrogen (secondary N) is 3. The van der Waals surface area contributed by atoms with Crippen molar-refractivity contribution in [2.75, 3.05) is 17.7 Å². The summed E-state index contributed by atoms with van der Waals surface area (Å²) in [5.41, 5.74) is 1.17. The fourth-order valence-electron chi connectivity index (χ4n) is 3.32. The van der Waals surface area contributed by atoms with Crippen LogP contribution < -0.4 is 20.7 Å². The molecular weight excluding hydrogens is 394 g/mol. The predicted octanol–water partition coefficient (Wildman–Crippen LogP) is 5.03. The molecule has 8 heteroatoms. The summed E-state index contributed by atoms with van der Waals surface area (Å²) in [6.45, 7) is 0. The van der Waals surface area contributed by atoms with Crippen molar-refractivity contribution in [2.45, 2.75) is 37.8 Å². The summed E-state index contributed by atoms with van der Waals surface area (Å²) in [7, 11) is 1.52. The van der Waals surface area contributed by atoms with Crippen LogP contribution in [0.3, 0.4) is 0 Å². The highest BCUT2D eigenvalue weighted by Crippen LogP contribution is 2.28. The lowest BCUT2D eigenvalue weighted by Crippen LogP contribution is -2.43. The number of carbonyl (C=O) groups excluding carboxylic acids is 2. The van der Waals surface area contributed by atoms with Crippen LogP contribution in [0, 0.1) is 0 Å². The topological polar surface area (TPSA) is 88.7 Å². The lowest BCUT2D eigenvalue weighted by atomic mass is 9.93. The minimum absolute atomic E-state index is 0.0940. The molecule has 1 aliphatic carbocycles. The van der Waals surface area contributed by atoms with E-state index in [2.05, 4.69) is 16.0 Å². The third-order valence-electron chi connectivity index (χ3n) is 4.66. The zero-order valence-corrected chi connectivity index (χ0v) is 16.9. The fourth-order valence-corrected chi connectivity index (χ4v) is 3.50. The maximum absolute atomic E-state index is 12.4. The summed E-state index contributed by atoms with van der Waals surface area (Å²) in [4.78, 5) is 24.5. The standard InChI is InChI=1S/C21H24ClN3O4/c1-28-19-11-10-14(22)12-18(19)25-20(26)23-16-8-5-9-17(13-16)29-21(27)24-15-6-3-2-4-7-15/h2-4,6-7,10-12,16-17H,5,8-9,13H2,1H3,(H,24,27)(H2,23,25,26). The smallest absolute Gasteiger partial charge is 0.411 e. The molecule has 0 aromatic heterocycles. The second-order valence-corrected chi connectivity index (χ2v) is 7.26. The van der Waals surface area contributed by atoms with E-state index in [4.69, 9.17) is 21.1 Å². The molecule has 1 aliphatic rings. The van der Waals surface area contributed by atoms with Crippen molar-refractivity contribution in [1.29, 1.82) is 0 Å². The lowest BCUT2D eigenvalue weighted by Gasteiger charge is -2.29. The van der Waals surface area contributed by atoms with Crippen molar-refractivity contribution < 1.29 is 19.1 Å². The minimum Gasteiger partial charge on any atom is -0.495 e. The maximum Gasteiger partial charge on any atom is 0.411 e. The Hall–Kier alpha value is -2.93. The van der Waals surface area contributed by atoms with Gasteiger partial charge in [0.1, 0.15) is 11.9 Å². The Morgan fingerprint density at radius 2 is 1.86 bits per heavy atom. The molecule has 0 spiro atoms. The third kappa shape index (κ3) is 6.29. The van der Waals surface area contributed by atoms with Crippen molar-refractivity contribution in [3.05, 3.63) is 53.6 Å². The molecule has 1 fully saturated rings. The largest absolute Gasteiger partial charge is 0.495 e. The van der Waals surface area contributed by atoms with E-state index in [1.54, 1.807) is 30.3 Å². The zero-order chi connectivity index (χ0) is 20.6. The predicted molar refractivity (Wildman–Crippen MR) is 113 cm³/mol. The van der Waals surface area contributed by atoms with Gasteiger partial charge in [-0.05, 0) is 49.6 Å². The van der Waals surface area contributed by atoms with Gasteiger partial charge in [-0.25, -0.2) is 9.59 Å². The van der Waals surface area contributed by atoms with Gasteiger partial charge in [-0.15, -0.1) is 0 Å². The van der Waals surface area contributed by atoms with E-state index < -0.39 is 6.09 Å². The second kappa shape index (κ2) is 10.0. The van der Waals surface area contributed by atoms with Crippen LogP contribution in [-0.2, 0) is 4.74 Å². The highest BCUT2D eigenvalue weighted by atomic mass is 35.5. The molecule has 29 heavy (non-hydrogen) atoms. The van der Waals surface area contributed by atoms with Crippen LogP contribution in [0.5, 0.6) is 5.75 Å². The third-order valence-corrected chi connectivity index (χ3v) is 4.90. The van der Waals surface area contributed by atoms with Crippen molar-refractivity contribution in [3.8, 4) is 5.75 Å². The summed E-state index contributed by atoms with van der Waals surface area (Å²) < 4.78 is 10.8. The monoisotopic (exact) mass is 417 g/mol. The quantitative estimate of drug-likeness (QED) is 0.636. The molecule has 0 radical (unpaired) electrons. The molecule has 0 aliphatic heterocycles. The SMILES string of the molecule is COc1ccc(Cl)cc1NC(=O)NC1CCCC(OC(=O)Nc2ccccc2)C1. The van der Waals surface area contributed by atoms with Gasteiger partial charge < -0.3 is 20.1 Å². The van der Waals surface area contributed by atoms with Gasteiger partial charge in [0.15, 0.2) is 0 Å². The number of hydrogen-bond acceptors (Lipinski definition) is 4. The molecule has 2 aromatic carbocycles. The summed E-state index contributed by atoms with van der Waals surface area (Å²) >= 11 is 5.99. The number of hydrogen-bond donors (Lipinski definition) is 3. The van der Waals surface area contributed by atoms with E-state index in [9.17, 15) is 9.59 Å². The first-order valence-electron chi connectivity index (χ1n) is 9.47. The Balaban J connectivity index is 1.49. The van der Waals surface area contributed by atoms with Crippen LogP contribution in [0.4, 0.5) is 21.0 Å². The molecule has 2 aromatic rings. The van der Waals surface area contributed by atoms with Crippen LogP contribution in [0.2, 0.25) is 5.02 Å². The van der Waals surface area contributed by atoms with Crippen molar-refractivity contribution >= 4 is 35.1 Å². The Morgan fingerprint density at radius 3 is 2.62 bits per heavy atom. The number of methoxy groups -OCH3 is 1. The van der Waals surface area contributed by atoms with Gasteiger partial charge in [0.25, 0.3) is 0 Å². The number of amides is 3. The molecule has 0 bridgehead atoms. The second-order valence-electron chi connectivity index (χ2n) is 6.82. The summed E-state index contributed by atoms with van der Waals surface area (Å²) in [6, 6.07) is 13.7. The van der Waals surface area contributed by atoms with Gasteiger partial charge in [0.05, 0.1) is 12.8 Å². The Bertz CT molecular complexity index is 847. The van der Waals surface area contributed by atoms with E-state index in [1.165, 1.54) is 7.11 Å². The number of carbonyl (C=O) groups is 2. The average Bonchev–Trinajstić information content (AvgIpc) is 2.69. The van der Waals surface area contributed by atoms with Gasteiger partial charge in [-0.3, -0.25) is 5.32 Å². The van der Waals surface area contributed by atoms with Gasteiger partial charge >= 0.3 is 12.1 Å². The molecule has 0 heterocycles. The molecule has 0 saturated heterocycles. The molecule has 2 atom stereocenters. The Labute approximate surface area is 174 Å². The highest BCUT2D eigenvalue weighted by molar-refractivity contribution is 6.31. The molecule has 2 unspecified atom stereocenters. The normalized spacial score (nSPS) is 18.4. The number of benzene rings is 2. The summed E-state index contributed by atoms with van der Waals surface area (Å²) in [6.07, 6.45) is 2.26. The number of para-hydroxylation sites is 1. The Kier molecular flexibility index (Phi) is 7.19. The highest BCUT2D eigenvalue weighted by Gasteiger charge is 2.26. The van der Waals surface area contributed by atoms with E-state index in [1.807, 2.05) is 18.2 Å². The first-order valence-corrected chi connectivity index (χ1v) is 9.85. The minimum atomic E-state index is -0.491. The number of halogens is 1. The molecule has 3 rings (SSSR count). The average molecular weight is 418 g/mol. The number of rotatable bonds is 5. The van der Waals surface area contributed by atoms with Crippen LogP contribution in [0.1, 0.15) is 25.7 Å². The van der Waals surface area contributed by atoms with Crippen LogP contribution in [0.15, 0.2) is 48.5 Å². The molecular formula is C21H24ClN3O4. The molecule has 3 amide bonds. The van der Waals surface area contributed by atoms with Gasteiger partial charge in [0.2, 0.25) is 0 Å². The fraction of sp³-hybridized carbons (Fsp3) is 0.333. The molecule has 1 saturated carbocycles. The molecule has 3 N–H and O–H groups in total. The molecule has 7 nitrogen and oxygen atoms in total. The number of ether oxygens (including phenoxy) is 2. The van der Waals surface area contributed by atoms with E-state index in [0.717, 1.165) is 19.3 Å². The zero-order valence-electron chi connectivity index (χ0n) is 16.1. The van der Waals surface area contributed by atoms with E-state index in [-0.39, 0.29) is 18.2 Å². The van der Waals surface area contributed by atoms with E-state index in [0.29, 0.717) is 28.6 Å². The van der Waals surface area contributed by atoms with Crippen LogP contribution in [0.25, 0.3) is 0 Å². The van der Waals surface area contributed by atoms with Gasteiger partial charge in [-0.1, -0.05) is 29.8 Å². The van der Waals surface area contributed by atoms with Crippen molar-refractivity contribution in [3.63, 3.8) is 0 Å². The molecule has 154 valence electrons. The van der Waals surface area contributed by atoms with Crippen LogP contribution >= 0.6 is 11.6 Å². The van der Waals surface area contributed by atoms with Crippen molar-refractivity contribution in [2.24, 2.45) is 0 Å². The van der Waals surface area contributed by atoms with Gasteiger partial charge in [-0.2, -0.15) is 0 Å². The van der Waals surface area contributed by atoms with Gasteiger partial charge in [0, 0.05) is 23.2 Å². The van der Waals surface area contributed by atoms with Crippen molar-refractivity contribution in [1.82, 2.24) is 5.32 Å². The first kappa shape index (κ1) is 20.8. The Morgan fingerprint density at radius 1 is 1.07 bits per heavy atom. The first-order chi connectivity index (χ1) is 14.0. The van der Waals surface area contributed by atoms with E-state index >= 15 is 0 Å². The number of urea groups is 1. The maximum atomic E-state index is 12.4. The number of anilines is 2. The summed E-state index contributed by atoms with van der Waals surface area (Å²) in [5, 5.41) is 8.89. The summed E-state index contributed by atoms with van der Waals surface area (Å²) in [5.74, 6) is 0.520. The lowest BCUT2D eigenvalue weighted by molar-refractivity contribution is 0.0779.